The van der Waals surface area contributed by atoms with E-state index in [9.17, 15) is 4.79 Å². The minimum atomic E-state index is 0.169. The van der Waals surface area contributed by atoms with Crippen molar-refractivity contribution in [2.75, 3.05) is 0 Å². The summed E-state index contributed by atoms with van der Waals surface area (Å²) in [5.74, 6) is 0. The maximum atomic E-state index is 9.96. The molecule has 0 aromatic rings. The van der Waals surface area contributed by atoms with Gasteiger partial charge < -0.3 is 0 Å². The summed E-state index contributed by atoms with van der Waals surface area (Å²) in [7, 11) is 0. The topological polar surface area (TPSA) is 29.4 Å². The summed E-state index contributed by atoms with van der Waals surface area (Å²) in [5.41, 5.74) is 0. The Kier molecular flexibility index (Phi) is 20.0. The predicted molar refractivity (Wildman–Crippen MR) is 80.7 cm³/mol. The third-order valence-corrected chi connectivity index (χ3v) is 2.75. The summed E-state index contributed by atoms with van der Waals surface area (Å²) >= 11 is 0. The van der Waals surface area contributed by atoms with E-state index in [4.69, 9.17) is 0 Å². The lowest BCUT2D eigenvalue weighted by Gasteiger charge is -2.03. The molecule has 2 nitrogen and oxygen atoms in total. The van der Waals surface area contributed by atoms with Crippen molar-refractivity contribution in [2.24, 2.45) is 4.99 Å². The van der Waals surface area contributed by atoms with Gasteiger partial charge in [-0.3, -0.25) is 0 Å². The Morgan fingerprint density at radius 3 is 2.00 bits per heavy atom. The second-order valence-corrected chi connectivity index (χ2v) is 4.74. The molecule has 1 unspecified atom stereocenters. The summed E-state index contributed by atoms with van der Waals surface area (Å²) in [6.07, 6.45) is 15.1. The zero-order chi connectivity index (χ0) is 14.1. The lowest BCUT2D eigenvalue weighted by atomic mass is 10.1. The molecule has 0 aliphatic heterocycles. The SMILES string of the molecule is C=CC.CCCCCCCCCCC(C)N=C=O. The molecule has 0 radical (unpaired) electrons. The van der Waals surface area contributed by atoms with Crippen LogP contribution in [0.4, 0.5) is 0 Å². The van der Waals surface area contributed by atoms with Crippen molar-refractivity contribution in [1.29, 1.82) is 0 Å². The molecule has 0 aromatic carbocycles. The summed E-state index contributed by atoms with van der Waals surface area (Å²) in [5, 5.41) is 0. The van der Waals surface area contributed by atoms with E-state index in [-0.39, 0.29) is 6.04 Å². The number of nitrogens with zero attached hydrogens (tertiary/aromatic N) is 1. The number of hydrogen-bond acceptors (Lipinski definition) is 2. The van der Waals surface area contributed by atoms with Gasteiger partial charge in [0.1, 0.15) is 0 Å². The lowest BCUT2D eigenvalue weighted by molar-refractivity contribution is 0.531. The molecule has 2 heteroatoms. The van der Waals surface area contributed by atoms with Gasteiger partial charge in [-0.2, -0.15) is 0 Å². The van der Waals surface area contributed by atoms with Gasteiger partial charge in [-0.25, -0.2) is 9.79 Å². The summed E-state index contributed by atoms with van der Waals surface area (Å²) in [6.45, 7) is 9.47. The number of allylic oxidation sites excluding steroid dienone is 1. The molecule has 0 bridgehead atoms. The zero-order valence-corrected chi connectivity index (χ0v) is 12.6. The molecule has 0 aromatic heterocycles. The van der Waals surface area contributed by atoms with Crippen molar-refractivity contribution >= 4 is 6.08 Å². The number of isocyanates is 1. The zero-order valence-electron chi connectivity index (χ0n) is 12.6. The van der Waals surface area contributed by atoms with Crippen molar-refractivity contribution < 1.29 is 4.79 Å². The van der Waals surface area contributed by atoms with Crippen LogP contribution < -0.4 is 0 Å². The molecule has 0 saturated carbocycles. The normalized spacial score (nSPS) is 10.8. The molecule has 0 N–H and O–H groups in total. The highest BCUT2D eigenvalue weighted by molar-refractivity contribution is 5.33. The Labute approximate surface area is 114 Å². The van der Waals surface area contributed by atoms with E-state index in [0.29, 0.717) is 0 Å². The van der Waals surface area contributed by atoms with Crippen LogP contribution in [0.2, 0.25) is 0 Å². The molecule has 0 aliphatic rings. The number of carbonyl (C=O) groups excluding carboxylic acids is 1. The molecule has 106 valence electrons. The maximum absolute atomic E-state index is 9.96. The highest BCUT2D eigenvalue weighted by Crippen LogP contribution is 2.11. The summed E-state index contributed by atoms with van der Waals surface area (Å²) in [4.78, 5) is 13.6. The molecule has 0 amide bonds. The van der Waals surface area contributed by atoms with E-state index >= 15 is 0 Å². The van der Waals surface area contributed by atoms with Gasteiger partial charge in [0.2, 0.25) is 6.08 Å². The lowest BCUT2D eigenvalue weighted by Crippen LogP contribution is -1.96. The molecule has 0 saturated heterocycles. The molecule has 18 heavy (non-hydrogen) atoms. The average molecular weight is 253 g/mol. The molecule has 0 fully saturated rings. The molecular weight excluding hydrogens is 222 g/mol. The first-order valence-electron chi connectivity index (χ1n) is 7.36. The fourth-order valence-corrected chi connectivity index (χ4v) is 1.73. The van der Waals surface area contributed by atoms with Crippen molar-refractivity contribution in [2.45, 2.75) is 84.6 Å². The van der Waals surface area contributed by atoms with Crippen LogP contribution in [0.25, 0.3) is 0 Å². The Hall–Kier alpha value is -0.880. The number of rotatable bonds is 10. The van der Waals surface area contributed by atoms with E-state index < -0.39 is 0 Å². The standard InChI is InChI=1S/C13H25NO.C3H6/c1-3-4-5-6-7-8-9-10-11-13(2)14-12-15;1-3-2/h13H,3-11H2,1-2H3;3H,1H2,2H3. The molecule has 0 rings (SSSR count). The monoisotopic (exact) mass is 253 g/mol. The van der Waals surface area contributed by atoms with Gasteiger partial charge in [0.05, 0.1) is 6.04 Å². The van der Waals surface area contributed by atoms with Gasteiger partial charge >= 0.3 is 0 Å². The number of aliphatic imine (C=N–C) groups is 1. The first-order chi connectivity index (χ1) is 8.72. The third kappa shape index (κ3) is 20.5. The molecular formula is C16H31NO. The molecule has 1 atom stereocenters. The van der Waals surface area contributed by atoms with Crippen LogP contribution in [0.1, 0.15) is 78.6 Å². The highest BCUT2D eigenvalue weighted by atomic mass is 16.1. The highest BCUT2D eigenvalue weighted by Gasteiger charge is 1.98. The van der Waals surface area contributed by atoms with Crippen LogP contribution in [0, 0.1) is 0 Å². The Morgan fingerprint density at radius 1 is 1.11 bits per heavy atom. The van der Waals surface area contributed by atoms with Gasteiger partial charge in [-0.15, -0.1) is 6.58 Å². The van der Waals surface area contributed by atoms with Gasteiger partial charge in [0, 0.05) is 0 Å². The van der Waals surface area contributed by atoms with E-state index in [1.165, 1.54) is 51.4 Å². The Balaban J connectivity index is 0. The fraction of sp³-hybridized carbons (Fsp3) is 0.812. The van der Waals surface area contributed by atoms with Crippen LogP contribution in [0.3, 0.4) is 0 Å². The molecule has 0 spiro atoms. The predicted octanol–water partition coefficient (Wildman–Crippen LogP) is 5.43. The van der Waals surface area contributed by atoms with E-state index in [2.05, 4.69) is 18.5 Å². The van der Waals surface area contributed by atoms with Crippen molar-refractivity contribution in [3.8, 4) is 0 Å². The van der Waals surface area contributed by atoms with Gasteiger partial charge in [-0.05, 0) is 20.3 Å². The van der Waals surface area contributed by atoms with Crippen LogP contribution in [-0.2, 0) is 4.79 Å². The summed E-state index contributed by atoms with van der Waals surface area (Å²) < 4.78 is 0. The van der Waals surface area contributed by atoms with Crippen molar-refractivity contribution in [3.05, 3.63) is 12.7 Å². The quantitative estimate of drug-likeness (QED) is 0.221. The van der Waals surface area contributed by atoms with Crippen molar-refractivity contribution in [3.63, 3.8) is 0 Å². The minimum absolute atomic E-state index is 0.169. The van der Waals surface area contributed by atoms with E-state index in [1.54, 1.807) is 12.2 Å². The first-order valence-corrected chi connectivity index (χ1v) is 7.36. The first kappa shape index (κ1) is 19.5. The second-order valence-electron chi connectivity index (χ2n) is 4.74. The Morgan fingerprint density at radius 2 is 1.56 bits per heavy atom. The fourth-order valence-electron chi connectivity index (χ4n) is 1.73. The average Bonchev–Trinajstić information content (AvgIpc) is 2.34. The van der Waals surface area contributed by atoms with Crippen LogP contribution >= 0.6 is 0 Å². The van der Waals surface area contributed by atoms with Crippen LogP contribution in [0.5, 0.6) is 0 Å². The maximum Gasteiger partial charge on any atom is 0.235 e. The number of hydrogen-bond donors (Lipinski definition) is 0. The molecule has 0 aliphatic carbocycles. The number of unbranched alkanes of at least 4 members (excludes halogenated alkanes) is 7. The largest absolute Gasteiger partial charge is 0.235 e. The second kappa shape index (κ2) is 18.5. The van der Waals surface area contributed by atoms with Gasteiger partial charge in [-0.1, -0.05) is 64.4 Å². The Bertz CT molecular complexity index is 207. The van der Waals surface area contributed by atoms with Crippen molar-refractivity contribution in [1.82, 2.24) is 0 Å². The molecule has 0 heterocycles. The van der Waals surface area contributed by atoms with Crippen LogP contribution in [-0.4, -0.2) is 12.1 Å². The van der Waals surface area contributed by atoms with Gasteiger partial charge in [0.15, 0.2) is 0 Å². The minimum Gasteiger partial charge on any atom is -0.211 e. The van der Waals surface area contributed by atoms with E-state index in [0.717, 1.165) is 6.42 Å². The van der Waals surface area contributed by atoms with E-state index in [1.807, 2.05) is 13.8 Å². The van der Waals surface area contributed by atoms with Crippen LogP contribution in [0.15, 0.2) is 17.6 Å². The van der Waals surface area contributed by atoms with Gasteiger partial charge in [0.25, 0.3) is 0 Å². The third-order valence-electron chi connectivity index (χ3n) is 2.75. The summed E-state index contributed by atoms with van der Waals surface area (Å²) in [6, 6.07) is 0.169. The smallest absolute Gasteiger partial charge is 0.211 e.